The molecule has 0 aliphatic carbocycles. The van der Waals surface area contributed by atoms with E-state index in [4.69, 9.17) is 0 Å². The number of imide groups is 1. The Kier molecular flexibility index (Phi) is 3.73. The van der Waals surface area contributed by atoms with Gasteiger partial charge in [0.25, 0.3) is 5.91 Å². The van der Waals surface area contributed by atoms with Crippen LogP contribution in [0.2, 0.25) is 0 Å². The molecule has 0 bridgehead atoms. The minimum atomic E-state index is -1.61. The monoisotopic (exact) mass is 370 g/mol. The molecule has 1 N–H and O–H groups in total. The number of nitrogens with one attached hydrogen (secondary N) is 1. The molecule has 138 valence electrons. The van der Waals surface area contributed by atoms with Crippen molar-refractivity contribution in [3.63, 3.8) is 0 Å². The molecule has 3 aromatic rings. The number of carbonyl (C=O) groups excluding carboxylic acids is 2. The molecule has 1 aromatic heterocycles. The first kappa shape index (κ1) is 17.1. The molecule has 1 fully saturated rings. The average molecular weight is 370 g/mol. The summed E-state index contributed by atoms with van der Waals surface area (Å²) in [6.07, 6.45) is 0. The molecule has 1 saturated heterocycles. The number of imidazole rings is 1. The van der Waals surface area contributed by atoms with Gasteiger partial charge < -0.3 is 9.88 Å². The summed E-state index contributed by atoms with van der Waals surface area (Å²) in [7, 11) is 1.79. The van der Waals surface area contributed by atoms with Crippen molar-refractivity contribution in [2.75, 3.05) is 0 Å². The maximum Gasteiger partial charge on any atom is 0.325 e. The zero-order valence-corrected chi connectivity index (χ0v) is 14.7. The van der Waals surface area contributed by atoms with Crippen molar-refractivity contribution in [3.05, 3.63) is 65.5 Å². The molecule has 6 nitrogen and oxygen atoms in total. The van der Waals surface area contributed by atoms with E-state index < -0.39 is 29.1 Å². The van der Waals surface area contributed by atoms with Crippen molar-refractivity contribution >= 4 is 23.0 Å². The van der Waals surface area contributed by atoms with E-state index >= 15 is 0 Å². The van der Waals surface area contributed by atoms with Crippen molar-refractivity contribution in [2.24, 2.45) is 7.05 Å². The van der Waals surface area contributed by atoms with Gasteiger partial charge in [0.15, 0.2) is 0 Å². The fraction of sp³-hybridized carbons (Fsp3) is 0.211. The fourth-order valence-electron chi connectivity index (χ4n) is 3.40. The quantitative estimate of drug-likeness (QED) is 0.721. The van der Waals surface area contributed by atoms with E-state index in [0.717, 1.165) is 22.0 Å². The van der Waals surface area contributed by atoms with Gasteiger partial charge in [-0.3, -0.25) is 9.69 Å². The Labute approximate surface area is 153 Å². The van der Waals surface area contributed by atoms with Crippen LogP contribution in [-0.4, -0.2) is 26.4 Å². The summed E-state index contributed by atoms with van der Waals surface area (Å²) >= 11 is 0. The van der Waals surface area contributed by atoms with Crippen LogP contribution in [0.5, 0.6) is 0 Å². The predicted octanol–water partition coefficient (Wildman–Crippen LogP) is 2.82. The Bertz CT molecular complexity index is 1090. The highest BCUT2D eigenvalue weighted by molar-refractivity contribution is 6.07. The van der Waals surface area contributed by atoms with E-state index in [-0.39, 0.29) is 12.1 Å². The van der Waals surface area contributed by atoms with E-state index in [1.54, 1.807) is 11.6 Å². The second-order valence-corrected chi connectivity index (χ2v) is 6.65. The van der Waals surface area contributed by atoms with Gasteiger partial charge in [0, 0.05) is 18.7 Å². The Morgan fingerprint density at radius 2 is 1.89 bits per heavy atom. The number of fused-ring (bicyclic) bond motifs is 1. The molecule has 1 aliphatic rings. The van der Waals surface area contributed by atoms with E-state index in [0.29, 0.717) is 11.9 Å². The van der Waals surface area contributed by atoms with Gasteiger partial charge >= 0.3 is 6.03 Å². The third kappa shape index (κ3) is 2.56. The van der Waals surface area contributed by atoms with Crippen molar-refractivity contribution in [3.8, 4) is 0 Å². The number of halogens is 2. The van der Waals surface area contributed by atoms with Gasteiger partial charge in [-0.25, -0.2) is 18.6 Å². The molecule has 3 amide bonds. The van der Waals surface area contributed by atoms with Crippen molar-refractivity contribution < 1.29 is 18.4 Å². The molecule has 1 atom stereocenters. The zero-order valence-electron chi connectivity index (χ0n) is 14.7. The zero-order chi connectivity index (χ0) is 19.3. The lowest BCUT2D eigenvalue weighted by molar-refractivity contribution is -0.131. The van der Waals surface area contributed by atoms with Gasteiger partial charge in [-0.1, -0.05) is 18.2 Å². The van der Waals surface area contributed by atoms with E-state index in [9.17, 15) is 18.4 Å². The SMILES string of the molecule is Cn1c(CN2C(=O)N[C@](C)(c3ccc(F)cc3F)C2=O)nc2ccccc21. The highest BCUT2D eigenvalue weighted by Crippen LogP contribution is 2.32. The van der Waals surface area contributed by atoms with Crippen molar-refractivity contribution in [1.29, 1.82) is 0 Å². The van der Waals surface area contributed by atoms with Gasteiger partial charge in [0.2, 0.25) is 0 Å². The van der Waals surface area contributed by atoms with Crippen LogP contribution in [0.15, 0.2) is 42.5 Å². The lowest BCUT2D eigenvalue weighted by atomic mass is 9.91. The number of rotatable bonds is 3. The van der Waals surface area contributed by atoms with Crippen LogP contribution in [-0.2, 0) is 23.9 Å². The molecule has 1 aliphatic heterocycles. The standard InChI is InChI=1S/C19H16F2N4O2/c1-19(12-8-7-11(20)9-13(12)21)17(26)25(18(27)23-19)10-16-22-14-5-3-4-6-15(14)24(16)2/h3-9H,10H2,1-2H3,(H,23,27)/t19-/m1/s1. The number of urea groups is 1. The largest absolute Gasteiger partial charge is 0.330 e. The maximum atomic E-state index is 14.2. The summed E-state index contributed by atoms with van der Waals surface area (Å²) in [5.41, 5.74) is -0.0875. The van der Waals surface area contributed by atoms with Gasteiger partial charge in [0.1, 0.15) is 23.0 Å². The highest BCUT2D eigenvalue weighted by Gasteiger charge is 2.50. The van der Waals surface area contributed by atoms with Gasteiger partial charge in [-0.05, 0) is 25.1 Å². The Morgan fingerprint density at radius 1 is 1.15 bits per heavy atom. The second-order valence-electron chi connectivity index (χ2n) is 6.65. The van der Waals surface area contributed by atoms with E-state index in [1.807, 2.05) is 24.3 Å². The summed E-state index contributed by atoms with van der Waals surface area (Å²) in [5, 5.41) is 2.52. The molecule has 0 unspecified atom stereocenters. The second kappa shape index (κ2) is 5.87. The summed E-state index contributed by atoms with van der Waals surface area (Å²) in [4.78, 5) is 30.8. The van der Waals surface area contributed by atoms with Crippen LogP contribution in [0.1, 0.15) is 18.3 Å². The molecule has 27 heavy (non-hydrogen) atoms. The van der Waals surface area contributed by atoms with Gasteiger partial charge in [-0.15, -0.1) is 0 Å². The van der Waals surface area contributed by atoms with Crippen LogP contribution in [0.4, 0.5) is 13.6 Å². The van der Waals surface area contributed by atoms with Crippen molar-refractivity contribution in [1.82, 2.24) is 19.8 Å². The number of aryl methyl sites for hydroxylation is 1. The number of benzene rings is 2. The van der Waals surface area contributed by atoms with Crippen LogP contribution < -0.4 is 5.32 Å². The fourth-order valence-corrected chi connectivity index (χ4v) is 3.40. The third-order valence-corrected chi connectivity index (χ3v) is 4.92. The lowest BCUT2D eigenvalue weighted by Crippen LogP contribution is -2.41. The maximum absolute atomic E-state index is 14.2. The number of amides is 3. The lowest BCUT2D eigenvalue weighted by Gasteiger charge is -2.22. The number of carbonyl (C=O) groups is 2. The van der Waals surface area contributed by atoms with Crippen LogP contribution in [0.25, 0.3) is 11.0 Å². The molecule has 0 spiro atoms. The van der Waals surface area contributed by atoms with Crippen LogP contribution in [0, 0.1) is 11.6 Å². The molecular formula is C19H16F2N4O2. The summed E-state index contributed by atoms with van der Waals surface area (Å²) in [6, 6.07) is 9.70. The number of hydrogen-bond acceptors (Lipinski definition) is 3. The molecule has 2 aromatic carbocycles. The summed E-state index contributed by atoms with van der Waals surface area (Å²) < 4.78 is 29.2. The molecule has 0 saturated carbocycles. The Balaban J connectivity index is 1.69. The molecule has 4 rings (SSSR count). The number of aromatic nitrogens is 2. The highest BCUT2D eigenvalue weighted by atomic mass is 19.1. The normalized spacial score (nSPS) is 19.8. The third-order valence-electron chi connectivity index (χ3n) is 4.92. The Hall–Kier alpha value is -3.29. The van der Waals surface area contributed by atoms with Gasteiger partial charge in [0.05, 0.1) is 17.6 Å². The molecule has 0 radical (unpaired) electrons. The number of para-hydroxylation sites is 2. The summed E-state index contributed by atoms with van der Waals surface area (Å²) in [5.74, 6) is -1.75. The first-order valence-electron chi connectivity index (χ1n) is 8.31. The first-order chi connectivity index (χ1) is 12.8. The van der Waals surface area contributed by atoms with E-state index in [2.05, 4.69) is 10.3 Å². The topological polar surface area (TPSA) is 67.2 Å². The molecular weight excluding hydrogens is 354 g/mol. The summed E-state index contributed by atoms with van der Waals surface area (Å²) in [6.45, 7) is 1.34. The van der Waals surface area contributed by atoms with Crippen LogP contribution in [0.3, 0.4) is 0 Å². The minimum Gasteiger partial charge on any atom is -0.330 e. The molecule has 2 heterocycles. The minimum absolute atomic E-state index is 0.0613. The van der Waals surface area contributed by atoms with E-state index in [1.165, 1.54) is 13.0 Å². The van der Waals surface area contributed by atoms with Crippen LogP contribution >= 0.6 is 0 Å². The van der Waals surface area contributed by atoms with Crippen molar-refractivity contribution in [2.45, 2.75) is 19.0 Å². The van der Waals surface area contributed by atoms with Gasteiger partial charge in [-0.2, -0.15) is 0 Å². The number of nitrogens with zero attached hydrogens (tertiary/aromatic N) is 3. The first-order valence-corrected chi connectivity index (χ1v) is 8.31. The smallest absolute Gasteiger partial charge is 0.325 e. The Morgan fingerprint density at radius 3 is 2.59 bits per heavy atom. The predicted molar refractivity (Wildman–Crippen MR) is 93.5 cm³/mol. The average Bonchev–Trinajstić information content (AvgIpc) is 3.05. The number of hydrogen-bond donors (Lipinski definition) is 1. The molecule has 8 heteroatoms.